The normalized spacial score (nSPS) is 12.3. The molecule has 0 unspecified atom stereocenters. The molecule has 0 radical (unpaired) electrons. The Bertz CT molecular complexity index is 454. The molecule has 0 spiro atoms. The molecule has 0 saturated carbocycles. The van der Waals surface area contributed by atoms with E-state index in [0.717, 1.165) is 19.3 Å². The highest BCUT2D eigenvalue weighted by Gasteiger charge is 2.47. The Labute approximate surface area is 206 Å². The van der Waals surface area contributed by atoms with E-state index in [9.17, 15) is 15.0 Å². The lowest BCUT2D eigenvalue weighted by Gasteiger charge is -2.32. The molecule has 0 amide bonds. The average Bonchev–Trinajstić information content (AvgIpc) is 2.79. The molecule has 0 aliphatic rings. The van der Waals surface area contributed by atoms with Crippen LogP contribution in [0.3, 0.4) is 0 Å². The minimum Gasteiger partial charge on any atom is -0.366 e. The van der Waals surface area contributed by atoms with Gasteiger partial charge in [-0.3, -0.25) is 0 Å². The average molecular weight is 489 g/mol. The van der Waals surface area contributed by atoms with Crippen LogP contribution in [0.5, 0.6) is 0 Å². The first-order valence-corrected chi connectivity index (χ1v) is 17.0. The first-order chi connectivity index (χ1) is 15.8. The number of aliphatic hydroxyl groups is 2. The van der Waals surface area contributed by atoms with Gasteiger partial charge < -0.3 is 15.1 Å². The van der Waals surface area contributed by atoms with E-state index in [0.29, 0.717) is 6.42 Å². The number of hydrogen-bond donors (Lipinski definition) is 2. The third-order valence-corrected chi connectivity index (χ3v) is 9.57. The molecule has 0 saturated heterocycles. The van der Waals surface area contributed by atoms with Gasteiger partial charge in [-0.05, 0) is 25.9 Å². The van der Waals surface area contributed by atoms with Crippen LogP contribution >= 0.6 is 0 Å². The van der Waals surface area contributed by atoms with E-state index in [1.54, 1.807) is 20.0 Å². The van der Waals surface area contributed by atoms with E-state index in [4.69, 9.17) is 9.46 Å². The van der Waals surface area contributed by atoms with Gasteiger partial charge in [0.2, 0.25) is 0 Å². The summed E-state index contributed by atoms with van der Waals surface area (Å²) in [6.07, 6.45) is 25.6. The third kappa shape index (κ3) is 18.6. The lowest BCUT2D eigenvalue weighted by Crippen LogP contribution is -2.56. The van der Waals surface area contributed by atoms with Gasteiger partial charge in [0.25, 0.3) is 0 Å². The molecule has 0 bridgehead atoms. The molecule has 33 heavy (non-hydrogen) atoms. The largest absolute Gasteiger partial charge is 0.366 e. The lowest BCUT2D eigenvalue weighted by atomic mass is 10.0. The fraction of sp³-hybridized carbons (Fsp3) is 0.963. The van der Waals surface area contributed by atoms with Gasteiger partial charge in [-0.2, -0.15) is 0 Å². The molecule has 0 fully saturated rings. The van der Waals surface area contributed by atoms with E-state index in [1.807, 2.05) is 0 Å². The topological polar surface area (TPSA) is 76.0 Å². The number of hydrogen-bond acceptors (Lipinski definition) is 5. The van der Waals surface area contributed by atoms with Crippen molar-refractivity contribution in [3.05, 3.63) is 0 Å². The third-order valence-electron chi connectivity index (χ3n) is 6.78. The fourth-order valence-corrected chi connectivity index (χ4v) is 5.32. The van der Waals surface area contributed by atoms with Crippen molar-refractivity contribution in [3.8, 4) is 0 Å². The summed E-state index contributed by atoms with van der Waals surface area (Å²) in [7, 11) is -2.92. The molecule has 0 aliphatic carbocycles. The Morgan fingerprint density at radius 1 is 0.636 bits per heavy atom. The van der Waals surface area contributed by atoms with E-state index in [2.05, 4.69) is 6.92 Å². The Kier molecular flexibility index (Phi) is 20.6. The number of carbonyl (C=O) groups excluding carboxylic acids is 1. The van der Waals surface area contributed by atoms with Crippen molar-refractivity contribution in [1.29, 1.82) is 0 Å². The van der Waals surface area contributed by atoms with E-state index < -0.39 is 19.7 Å². The van der Waals surface area contributed by atoms with Crippen molar-refractivity contribution in [2.75, 3.05) is 0 Å². The Hall–Kier alpha value is -0.433. The minimum absolute atomic E-state index is 0.142. The summed E-state index contributed by atoms with van der Waals surface area (Å²) < 4.78 is 5.13. The minimum atomic E-state index is -2.92. The van der Waals surface area contributed by atoms with E-state index >= 15 is 0 Å². The number of carbonyl (C=O) groups is 1. The van der Waals surface area contributed by atoms with Crippen molar-refractivity contribution in [2.45, 2.75) is 167 Å². The molecule has 0 heterocycles. The van der Waals surface area contributed by atoms with Crippen LogP contribution in [0.4, 0.5) is 0 Å². The predicted octanol–water partition coefficient (Wildman–Crippen LogP) is 8.12. The molecule has 0 atom stereocenters. The zero-order valence-corrected chi connectivity index (χ0v) is 23.5. The highest BCUT2D eigenvalue weighted by molar-refractivity contribution is 6.73. The maximum atomic E-state index is 11.8. The van der Waals surface area contributed by atoms with Gasteiger partial charge in [0.05, 0.1) is 0 Å². The monoisotopic (exact) mass is 488 g/mol. The van der Waals surface area contributed by atoms with Crippen LogP contribution in [0.2, 0.25) is 13.1 Å². The molecule has 0 rings (SSSR count). The molecule has 0 aromatic carbocycles. The van der Waals surface area contributed by atoms with Crippen LogP contribution in [0.1, 0.15) is 149 Å². The first kappa shape index (κ1) is 32.6. The van der Waals surface area contributed by atoms with Crippen molar-refractivity contribution >= 4 is 14.3 Å². The summed E-state index contributed by atoms with van der Waals surface area (Å²) in [4.78, 5) is 16.6. The SMILES string of the molecule is CCCCCCCCCCCCCCCCCCCCCC(=O)OO[Si](C)(C)C(O)(O)CC. The molecule has 0 aromatic heterocycles. The Morgan fingerprint density at radius 3 is 1.30 bits per heavy atom. The molecule has 6 heteroatoms. The summed E-state index contributed by atoms with van der Waals surface area (Å²) in [6.45, 7) is 7.20. The van der Waals surface area contributed by atoms with Crippen LogP contribution < -0.4 is 0 Å². The molecular formula is C27H56O5Si. The van der Waals surface area contributed by atoms with Crippen LogP contribution in [-0.4, -0.2) is 29.9 Å². The van der Waals surface area contributed by atoms with Gasteiger partial charge in [-0.25, -0.2) is 9.37 Å². The summed E-state index contributed by atoms with van der Waals surface area (Å²) in [5.41, 5.74) is -1.90. The summed E-state index contributed by atoms with van der Waals surface area (Å²) in [5.74, 6) is -0.422. The maximum Gasteiger partial charge on any atom is 0.340 e. The molecule has 2 N–H and O–H groups in total. The van der Waals surface area contributed by atoms with Gasteiger partial charge in [0.15, 0.2) is 5.41 Å². The second-order valence-electron chi connectivity index (χ2n) is 10.3. The smallest absolute Gasteiger partial charge is 0.340 e. The first-order valence-electron chi connectivity index (χ1n) is 14.1. The summed E-state index contributed by atoms with van der Waals surface area (Å²) >= 11 is 0. The second-order valence-corrected chi connectivity index (χ2v) is 14.3. The Balaban J connectivity index is 3.35. The Morgan fingerprint density at radius 2 is 0.970 bits per heavy atom. The standard InChI is InChI=1S/C27H56O5Si/c1-5-7-8-9-10-11-12-13-14-15-16-17-18-19-20-21-22-23-24-25-26(28)31-32-33(3,4)27(29,30)6-2/h29-30H,5-25H2,1-4H3. The highest BCUT2D eigenvalue weighted by Crippen LogP contribution is 2.23. The molecule has 5 nitrogen and oxygen atoms in total. The van der Waals surface area contributed by atoms with E-state index in [1.165, 1.54) is 103 Å². The molecule has 198 valence electrons. The van der Waals surface area contributed by atoms with Crippen LogP contribution in [-0.2, 0) is 14.3 Å². The highest BCUT2D eigenvalue weighted by atomic mass is 28.4. The van der Waals surface area contributed by atoms with Crippen LogP contribution in [0, 0.1) is 0 Å². The number of rotatable bonds is 24. The molecular weight excluding hydrogens is 432 g/mol. The fourth-order valence-electron chi connectivity index (χ4n) is 4.03. The summed E-state index contributed by atoms with van der Waals surface area (Å²) in [5, 5.41) is 19.8. The quantitative estimate of drug-likeness (QED) is 0.0471. The maximum absolute atomic E-state index is 11.8. The van der Waals surface area contributed by atoms with Gasteiger partial charge >= 0.3 is 14.3 Å². The predicted molar refractivity (Wildman–Crippen MR) is 140 cm³/mol. The van der Waals surface area contributed by atoms with E-state index in [-0.39, 0.29) is 6.42 Å². The van der Waals surface area contributed by atoms with Gasteiger partial charge in [0, 0.05) is 6.42 Å². The van der Waals surface area contributed by atoms with Crippen molar-refractivity contribution in [3.63, 3.8) is 0 Å². The van der Waals surface area contributed by atoms with Crippen molar-refractivity contribution in [1.82, 2.24) is 0 Å². The number of unbranched alkanes of at least 4 members (excludes halogenated alkanes) is 18. The van der Waals surface area contributed by atoms with Gasteiger partial charge in [0.1, 0.15) is 0 Å². The molecule has 0 aliphatic heterocycles. The summed E-state index contributed by atoms with van der Waals surface area (Å²) in [6, 6.07) is 0. The zero-order valence-electron chi connectivity index (χ0n) is 22.5. The molecule has 0 aromatic rings. The zero-order chi connectivity index (χ0) is 24.8. The van der Waals surface area contributed by atoms with Gasteiger partial charge in [-0.15, -0.1) is 0 Å². The lowest BCUT2D eigenvalue weighted by molar-refractivity contribution is -0.234. The van der Waals surface area contributed by atoms with Crippen LogP contribution in [0.25, 0.3) is 0 Å². The van der Waals surface area contributed by atoms with Gasteiger partial charge in [-0.1, -0.05) is 129 Å². The van der Waals surface area contributed by atoms with Crippen molar-refractivity contribution in [2.24, 2.45) is 0 Å². The van der Waals surface area contributed by atoms with Crippen LogP contribution in [0.15, 0.2) is 0 Å². The van der Waals surface area contributed by atoms with Crippen molar-refractivity contribution < 1.29 is 24.5 Å². The second kappa shape index (κ2) is 20.9.